The van der Waals surface area contributed by atoms with Gasteiger partial charge in [-0.25, -0.2) is 4.98 Å². The lowest BCUT2D eigenvalue weighted by Gasteiger charge is -2.29. The van der Waals surface area contributed by atoms with E-state index in [0.29, 0.717) is 16.7 Å². The number of carbonyl (C=O) groups is 1. The number of anilines is 1. The third-order valence-electron chi connectivity index (χ3n) is 4.83. The van der Waals surface area contributed by atoms with E-state index in [1.165, 1.54) is 0 Å². The molecule has 0 aliphatic carbocycles. The van der Waals surface area contributed by atoms with Crippen LogP contribution in [0.15, 0.2) is 36.5 Å². The van der Waals surface area contributed by atoms with Gasteiger partial charge in [-0.3, -0.25) is 9.78 Å². The van der Waals surface area contributed by atoms with Gasteiger partial charge in [0.25, 0.3) is 0 Å². The van der Waals surface area contributed by atoms with Crippen LogP contribution < -0.4 is 4.90 Å². The van der Waals surface area contributed by atoms with Crippen LogP contribution in [0.3, 0.4) is 0 Å². The molecule has 5 heteroatoms. The largest absolute Gasteiger partial charge is 0.355 e. The molecule has 5 nitrogen and oxygen atoms in total. The van der Waals surface area contributed by atoms with Crippen LogP contribution in [-0.4, -0.2) is 53.4 Å². The molecule has 0 spiro atoms. The molecule has 0 atom stereocenters. The monoisotopic (exact) mass is 366 g/mol. The molecular weight excluding hydrogens is 336 g/mol. The number of hydrogen-bond acceptors (Lipinski definition) is 5. The van der Waals surface area contributed by atoms with E-state index < -0.39 is 0 Å². The van der Waals surface area contributed by atoms with Gasteiger partial charge in [-0.05, 0) is 49.6 Å². The van der Waals surface area contributed by atoms with E-state index >= 15 is 0 Å². The van der Waals surface area contributed by atoms with E-state index in [4.69, 9.17) is 0 Å². The fourth-order valence-corrected chi connectivity index (χ4v) is 3.62. The van der Waals surface area contributed by atoms with Gasteiger partial charge in [0.15, 0.2) is 0 Å². The van der Waals surface area contributed by atoms with E-state index in [9.17, 15) is 4.79 Å². The van der Waals surface area contributed by atoms with Crippen LogP contribution in [0.1, 0.15) is 48.9 Å². The second-order valence-corrected chi connectivity index (χ2v) is 8.52. The van der Waals surface area contributed by atoms with Gasteiger partial charge in [0.05, 0.1) is 0 Å². The zero-order valence-corrected chi connectivity index (χ0v) is 16.9. The number of nitrogens with zero attached hydrogens (tertiary/aromatic N) is 4. The van der Waals surface area contributed by atoms with Gasteiger partial charge >= 0.3 is 0 Å². The number of ketones is 1. The Labute approximate surface area is 162 Å². The molecule has 1 saturated heterocycles. The second kappa shape index (κ2) is 8.17. The van der Waals surface area contributed by atoms with Crippen LogP contribution in [0.2, 0.25) is 0 Å². The van der Waals surface area contributed by atoms with Crippen molar-refractivity contribution in [3.63, 3.8) is 0 Å². The summed E-state index contributed by atoms with van der Waals surface area (Å²) in [4.78, 5) is 26.6. The fourth-order valence-electron chi connectivity index (χ4n) is 3.62. The first-order valence-corrected chi connectivity index (χ1v) is 9.74. The Kier molecular flexibility index (Phi) is 5.90. The Hall–Kier alpha value is -2.27. The first-order chi connectivity index (χ1) is 12.8. The topological polar surface area (TPSA) is 49.3 Å². The van der Waals surface area contributed by atoms with Gasteiger partial charge in [0, 0.05) is 43.6 Å². The Balaban J connectivity index is 1.74. The normalized spacial score (nSPS) is 16.2. The predicted molar refractivity (Wildman–Crippen MR) is 109 cm³/mol. The average molecular weight is 367 g/mol. The highest BCUT2D eigenvalue weighted by Crippen LogP contribution is 2.20. The smallest absolute Gasteiger partial charge is 0.213 e. The molecule has 0 unspecified atom stereocenters. The number of pyridine rings is 2. The summed E-state index contributed by atoms with van der Waals surface area (Å²) in [7, 11) is 0. The SMILES string of the molecule is Cc1ncccc1C(=O)c1cccc(N2CCCN(CC(C)(C)C)CC2)n1. The van der Waals surface area contributed by atoms with E-state index in [1.54, 1.807) is 18.3 Å². The van der Waals surface area contributed by atoms with E-state index in [-0.39, 0.29) is 5.78 Å². The van der Waals surface area contributed by atoms with Crippen molar-refractivity contribution in [1.82, 2.24) is 14.9 Å². The van der Waals surface area contributed by atoms with Crippen molar-refractivity contribution in [2.45, 2.75) is 34.1 Å². The number of rotatable bonds is 4. The average Bonchev–Trinajstić information content (AvgIpc) is 2.86. The van der Waals surface area contributed by atoms with Gasteiger partial charge in [-0.15, -0.1) is 0 Å². The summed E-state index contributed by atoms with van der Waals surface area (Å²) in [6.07, 6.45) is 2.81. The quantitative estimate of drug-likeness (QED) is 0.774. The van der Waals surface area contributed by atoms with Crippen LogP contribution in [0.25, 0.3) is 0 Å². The second-order valence-electron chi connectivity index (χ2n) is 8.52. The third-order valence-corrected chi connectivity index (χ3v) is 4.83. The molecule has 144 valence electrons. The molecule has 27 heavy (non-hydrogen) atoms. The van der Waals surface area contributed by atoms with Crippen molar-refractivity contribution >= 4 is 11.6 Å². The molecular formula is C22H30N4O. The molecule has 0 amide bonds. The molecule has 0 saturated carbocycles. The van der Waals surface area contributed by atoms with Crippen molar-refractivity contribution in [2.24, 2.45) is 5.41 Å². The fraction of sp³-hybridized carbons (Fsp3) is 0.500. The minimum atomic E-state index is -0.0633. The molecule has 0 radical (unpaired) electrons. The van der Waals surface area contributed by atoms with E-state index in [0.717, 1.165) is 50.7 Å². The summed E-state index contributed by atoms with van der Waals surface area (Å²) in [5, 5.41) is 0. The maximum absolute atomic E-state index is 12.8. The summed E-state index contributed by atoms with van der Waals surface area (Å²) < 4.78 is 0. The van der Waals surface area contributed by atoms with E-state index in [2.05, 4.69) is 40.5 Å². The molecule has 2 aromatic heterocycles. The van der Waals surface area contributed by atoms with Crippen molar-refractivity contribution in [3.8, 4) is 0 Å². The molecule has 1 aliphatic rings. The zero-order valence-electron chi connectivity index (χ0n) is 16.9. The summed E-state index contributed by atoms with van der Waals surface area (Å²) in [5.41, 5.74) is 2.15. The Bertz CT molecular complexity index is 797. The summed E-state index contributed by atoms with van der Waals surface area (Å²) in [5.74, 6) is 0.826. The van der Waals surface area contributed by atoms with E-state index in [1.807, 2.05) is 25.1 Å². The lowest BCUT2D eigenvalue weighted by Crippen LogP contribution is -2.36. The summed E-state index contributed by atoms with van der Waals surface area (Å²) >= 11 is 0. The van der Waals surface area contributed by atoms with Gasteiger partial charge in [-0.2, -0.15) is 0 Å². The molecule has 1 aliphatic heterocycles. The molecule has 0 N–H and O–H groups in total. The molecule has 0 aromatic carbocycles. The van der Waals surface area contributed by atoms with Gasteiger partial charge in [0.1, 0.15) is 11.5 Å². The highest BCUT2D eigenvalue weighted by molar-refractivity contribution is 6.08. The van der Waals surface area contributed by atoms with Gasteiger partial charge in [0.2, 0.25) is 5.78 Å². The van der Waals surface area contributed by atoms with Crippen molar-refractivity contribution in [1.29, 1.82) is 0 Å². The number of aryl methyl sites for hydroxylation is 1. The third kappa shape index (κ3) is 5.13. The predicted octanol–water partition coefficient (Wildman–Crippen LogP) is 3.57. The lowest BCUT2D eigenvalue weighted by atomic mass is 9.96. The van der Waals surface area contributed by atoms with Crippen LogP contribution >= 0.6 is 0 Å². The first kappa shape index (κ1) is 19.5. The zero-order chi connectivity index (χ0) is 19.4. The van der Waals surface area contributed by atoms with Crippen molar-refractivity contribution in [2.75, 3.05) is 37.6 Å². The van der Waals surface area contributed by atoms with Crippen LogP contribution in [0, 0.1) is 12.3 Å². The van der Waals surface area contributed by atoms with Crippen LogP contribution in [-0.2, 0) is 0 Å². The highest BCUT2D eigenvalue weighted by atomic mass is 16.1. The highest BCUT2D eigenvalue weighted by Gasteiger charge is 2.21. The number of carbonyl (C=O) groups excluding carboxylic acids is 1. The number of aromatic nitrogens is 2. The maximum atomic E-state index is 12.8. The Morgan fingerprint density at radius 3 is 2.63 bits per heavy atom. The van der Waals surface area contributed by atoms with Crippen molar-refractivity contribution < 1.29 is 4.79 Å². The molecule has 1 fully saturated rings. The lowest BCUT2D eigenvalue weighted by molar-refractivity contribution is 0.103. The molecule has 3 heterocycles. The Morgan fingerprint density at radius 1 is 1.07 bits per heavy atom. The minimum Gasteiger partial charge on any atom is -0.355 e. The molecule has 2 aromatic rings. The van der Waals surface area contributed by atoms with Gasteiger partial charge in [-0.1, -0.05) is 26.8 Å². The van der Waals surface area contributed by atoms with Crippen LogP contribution in [0.4, 0.5) is 5.82 Å². The molecule has 3 rings (SSSR count). The summed E-state index contributed by atoms with van der Waals surface area (Å²) in [6.45, 7) is 13.9. The summed E-state index contributed by atoms with van der Waals surface area (Å²) in [6, 6.07) is 9.34. The molecule has 0 bridgehead atoms. The van der Waals surface area contributed by atoms with Crippen LogP contribution in [0.5, 0.6) is 0 Å². The van der Waals surface area contributed by atoms with Crippen molar-refractivity contribution in [3.05, 3.63) is 53.5 Å². The number of hydrogen-bond donors (Lipinski definition) is 0. The Morgan fingerprint density at radius 2 is 1.89 bits per heavy atom. The first-order valence-electron chi connectivity index (χ1n) is 9.74. The van der Waals surface area contributed by atoms with Gasteiger partial charge < -0.3 is 9.80 Å². The minimum absolute atomic E-state index is 0.0633. The maximum Gasteiger partial charge on any atom is 0.213 e. The standard InChI is InChI=1S/C22H30N4O/c1-17-18(8-6-11-23-17)21(27)19-9-5-10-20(24-19)26-13-7-12-25(14-15-26)16-22(2,3)4/h5-6,8-11H,7,12-16H2,1-4H3.